The van der Waals surface area contributed by atoms with Crippen molar-refractivity contribution in [1.29, 1.82) is 0 Å². The summed E-state index contributed by atoms with van der Waals surface area (Å²) >= 11 is 0. The monoisotopic (exact) mass is 185 g/mol. The van der Waals surface area contributed by atoms with Crippen molar-refractivity contribution in [1.82, 2.24) is 5.32 Å². The molecule has 1 N–H and O–H groups in total. The summed E-state index contributed by atoms with van der Waals surface area (Å²) in [5, 5.41) is 2.83. The summed E-state index contributed by atoms with van der Waals surface area (Å²) in [6, 6.07) is 0. The van der Waals surface area contributed by atoms with E-state index in [1.165, 1.54) is 32.1 Å². The van der Waals surface area contributed by atoms with E-state index in [-0.39, 0.29) is 5.54 Å². The SMILES string of the molecule is CCCCCCCC(C)(C)NC=O. The third-order valence-electron chi connectivity index (χ3n) is 2.35. The molecule has 0 aromatic rings. The van der Waals surface area contributed by atoms with E-state index < -0.39 is 0 Å². The molecule has 0 rings (SSSR count). The first-order chi connectivity index (χ1) is 6.12. The van der Waals surface area contributed by atoms with Crippen LogP contribution in [0.25, 0.3) is 0 Å². The van der Waals surface area contributed by atoms with Crippen LogP contribution >= 0.6 is 0 Å². The normalized spacial score (nSPS) is 11.3. The van der Waals surface area contributed by atoms with Crippen LogP contribution in [-0.2, 0) is 4.79 Å². The highest BCUT2D eigenvalue weighted by atomic mass is 16.1. The fraction of sp³-hybridized carbons (Fsp3) is 0.909. The van der Waals surface area contributed by atoms with E-state index in [4.69, 9.17) is 0 Å². The molecule has 0 aromatic carbocycles. The minimum atomic E-state index is -0.0199. The Morgan fingerprint density at radius 3 is 2.31 bits per heavy atom. The molecule has 0 aliphatic heterocycles. The summed E-state index contributed by atoms with van der Waals surface area (Å²) in [6.45, 7) is 6.36. The average molecular weight is 185 g/mol. The largest absolute Gasteiger partial charge is 0.354 e. The van der Waals surface area contributed by atoms with Crippen molar-refractivity contribution < 1.29 is 4.79 Å². The van der Waals surface area contributed by atoms with Gasteiger partial charge in [-0.15, -0.1) is 0 Å². The Balaban J connectivity index is 3.34. The van der Waals surface area contributed by atoms with Crippen LogP contribution < -0.4 is 5.32 Å². The van der Waals surface area contributed by atoms with Gasteiger partial charge < -0.3 is 5.32 Å². The Morgan fingerprint density at radius 2 is 1.77 bits per heavy atom. The summed E-state index contributed by atoms with van der Waals surface area (Å²) in [5.41, 5.74) is -0.0199. The highest BCUT2D eigenvalue weighted by Gasteiger charge is 2.14. The number of rotatable bonds is 8. The molecule has 0 aliphatic rings. The summed E-state index contributed by atoms with van der Waals surface area (Å²) in [5.74, 6) is 0. The molecule has 1 amide bonds. The third kappa shape index (κ3) is 7.82. The molecule has 78 valence electrons. The molecular weight excluding hydrogens is 162 g/mol. The van der Waals surface area contributed by atoms with E-state index in [1.807, 2.05) is 0 Å². The van der Waals surface area contributed by atoms with Gasteiger partial charge in [0.1, 0.15) is 0 Å². The lowest BCUT2D eigenvalue weighted by atomic mass is 9.96. The summed E-state index contributed by atoms with van der Waals surface area (Å²) in [6.07, 6.45) is 8.33. The number of hydrogen-bond donors (Lipinski definition) is 1. The predicted molar refractivity (Wildman–Crippen MR) is 56.7 cm³/mol. The lowest BCUT2D eigenvalue weighted by Crippen LogP contribution is -2.37. The predicted octanol–water partition coefficient (Wildman–Crippen LogP) is 2.87. The lowest BCUT2D eigenvalue weighted by molar-refractivity contribution is -0.111. The summed E-state index contributed by atoms with van der Waals surface area (Å²) in [4.78, 5) is 10.2. The van der Waals surface area contributed by atoms with Crippen molar-refractivity contribution in [2.75, 3.05) is 0 Å². The molecule has 0 atom stereocenters. The van der Waals surface area contributed by atoms with Gasteiger partial charge in [0.25, 0.3) is 0 Å². The highest BCUT2D eigenvalue weighted by molar-refractivity contribution is 5.47. The van der Waals surface area contributed by atoms with Crippen molar-refractivity contribution in [3.05, 3.63) is 0 Å². The minimum absolute atomic E-state index is 0.0199. The molecule has 0 saturated carbocycles. The van der Waals surface area contributed by atoms with Gasteiger partial charge in [0.2, 0.25) is 6.41 Å². The molecular formula is C11H23NO. The molecule has 13 heavy (non-hydrogen) atoms. The van der Waals surface area contributed by atoms with Gasteiger partial charge >= 0.3 is 0 Å². The van der Waals surface area contributed by atoms with Gasteiger partial charge in [0.05, 0.1) is 0 Å². The van der Waals surface area contributed by atoms with Gasteiger partial charge in [-0.1, -0.05) is 39.0 Å². The maximum absolute atomic E-state index is 10.2. The quantitative estimate of drug-likeness (QED) is 0.457. The van der Waals surface area contributed by atoms with Crippen LogP contribution in [-0.4, -0.2) is 11.9 Å². The first-order valence-electron chi connectivity index (χ1n) is 5.34. The number of nitrogens with one attached hydrogen (secondary N) is 1. The molecule has 0 fully saturated rings. The van der Waals surface area contributed by atoms with Crippen molar-refractivity contribution in [2.45, 2.75) is 64.8 Å². The van der Waals surface area contributed by atoms with E-state index in [2.05, 4.69) is 26.1 Å². The second-order valence-electron chi connectivity index (χ2n) is 4.31. The molecule has 0 bridgehead atoms. The Hall–Kier alpha value is -0.530. The Labute approximate surface area is 82.1 Å². The van der Waals surface area contributed by atoms with Gasteiger partial charge in [0, 0.05) is 5.54 Å². The van der Waals surface area contributed by atoms with Crippen molar-refractivity contribution in [3.63, 3.8) is 0 Å². The third-order valence-corrected chi connectivity index (χ3v) is 2.35. The van der Waals surface area contributed by atoms with Crippen LogP contribution in [0.3, 0.4) is 0 Å². The summed E-state index contributed by atoms with van der Waals surface area (Å²) < 4.78 is 0. The molecule has 0 heterocycles. The molecule has 2 heteroatoms. The maximum atomic E-state index is 10.2. The molecule has 2 nitrogen and oxygen atoms in total. The fourth-order valence-corrected chi connectivity index (χ4v) is 1.40. The van der Waals surface area contributed by atoms with Crippen molar-refractivity contribution >= 4 is 6.41 Å². The van der Waals surface area contributed by atoms with E-state index in [9.17, 15) is 4.79 Å². The van der Waals surface area contributed by atoms with Crippen LogP contribution in [0.1, 0.15) is 59.3 Å². The van der Waals surface area contributed by atoms with E-state index in [0.29, 0.717) is 0 Å². The van der Waals surface area contributed by atoms with E-state index in [1.54, 1.807) is 0 Å². The van der Waals surface area contributed by atoms with Crippen LogP contribution in [0, 0.1) is 0 Å². The summed E-state index contributed by atoms with van der Waals surface area (Å²) in [7, 11) is 0. The van der Waals surface area contributed by atoms with Crippen LogP contribution in [0.2, 0.25) is 0 Å². The average Bonchev–Trinajstić information content (AvgIpc) is 2.04. The smallest absolute Gasteiger partial charge is 0.207 e. The topological polar surface area (TPSA) is 29.1 Å². The number of unbranched alkanes of at least 4 members (excludes halogenated alkanes) is 4. The number of carbonyl (C=O) groups is 1. The Kier molecular flexibility index (Phi) is 6.65. The molecule has 0 aromatic heterocycles. The second kappa shape index (κ2) is 6.93. The van der Waals surface area contributed by atoms with Gasteiger partial charge in [0.15, 0.2) is 0 Å². The van der Waals surface area contributed by atoms with Crippen molar-refractivity contribution in [2.24, 2.45) is 0 Å². The molecule has 0 saturated heterocycles. The second-order valence-corrected chi connectivity index (χ2v) is 4.31. The molecule has 0 aliphatic carbocycles. The molecule has 0 spiro atoms. The number of carbonyl (C=O) groups excluding carboxylic acids is 1. The molecule has 0 unspecified atom stereocenters. The first kappa shape index (κ1) is 12.5. The first-order valence-corrected chi connectivity index (χ1v) is 5.34. The van der Waals surface area contributed by atoms with Gasteiger partial charge in [-0.25, -0.2) is 0 Å². The standard InChI is InChI=1S/C11H23NO/c1-4-5-6-7-8-9-11(2,3)12-10-13/h10H,4-9H2,1-3H3,(H,12,13). The number of hydrogen-bond acceptors (Lipinski definition) is 1. The fourth-order valence-electron chi connectivity index (χ4n) is 1.40. The van der Waals surface area contributed by atoms with Crippen LogP contribution in [0.15, 0.2) is 0 Å². The van der Waals surface area contributed by atoms with Gasteiger partial charge in [-0.05, 0) is 20.3 Å². The highest BCUT2D eigenvalue weighted by Crippen LogP contribution is 2.14. The zero-order valence-corrected chi connectivity index (χ0v) is 9.23. The zero-order valence-electron chi connectivity index (χ0n) is 9.23. The van der Waals surface area contributed by atoms with Crippen LogP contribution in [0.5, 0.6) is 0 Å². The lowest BCUT2D eigenvalue weighted by Gasteiger charge is -2.23. The van der Waals surface area contributed by atoms with Gasteiger partial charge in [-0.2, -0.15) is 0 Å². The van der Waals surface area contributed by atoms with Crippen molar-refractivity contribution in [3.8, 4) is 0 Å². The maximum Gasteiger partial charge on any atom is 0.207 e. The van der Waals surface area contributed by atoms with Gasteiger partial charge in [-0.3, -0.25) is 4.79 Å². The number of amides is 1. The van der Waals surface area contributed by atoms with Crippen LogP contribution in [0.4, 0.5) is 0 Å². The van der Waals surface area contributed by atoms with E-state index in [0.717, 1.165) is 12.8 Å². The molecule has 0 radical (unpaired) electrons. The van der Waals surface area contributed by atoms with E-state index >= 15 is 0 Å². The minimum Gasteiger partial charge on any atom is -0.354 e. The zero-order chi connectivity index (χ0) is 10.2. The Morgan fingerprint density at radius 1 is 1.15 bits per heavy atom. The Bertz CT molecular complexity index is 132.